The molecule has 0 amide bonds. The first-order chi connectivity index (χ1) is 9.54. The van der Waals surface area contributed by atoms with Crippen molar-refractivity contribution in [2.75, 3.05) is 13.1 Å². The SMILES string of the molecule is Cc1ccc(S(=O)(=O)N2CC[C@@H](CCCC#N)C2)cc1. The van der Waals surface area contributed by atoms with Crippen LogP contribution in [0.25, 0.3) is 0 Å². The van der Waals surface area contributed by atoms with E-state index in [1.165, 1.54) is 0 Å². The van der Waals surface area contributed by atoms with E-state index in [1.54, 1.807) is 16.4 Å². The van der Waals surface area contributed by atoms with Crippen molar-refractivity contribution in [1.82, 2.24) is 4.31 Å². The maximum Gasteiger partial charge on any atom is 0.243 e. The molecular formula is C15H20N2O2S. The minimum atomic E-state index is -3.35. The van der Waals surface area contributed by atoms with Gasteiger partial charge in [0.25, 0.3) is 0 Å². The fourth-order valence-electron chi connectivity index (χ4n) is 2.58. The van der Waals surface area contributed by atoms with E-state index in [0.29, 0.717) is 30.3 Å². The molecule has 1 atom stereocenters. The third-order valence-corrected chi connectivity index (χ3v) is 5.69. The summed E-state index contributed by atoms with van der Waals surface area (Å²) in [5.74, 6) is 0.392. The van der Waals surface area contributed by atoms with Crippen molar-refractivity contribution in [2.45, 2.75) is 37.5 Å². The first-order valence-corrected chi connectivity index (χ1v) is 8.42. The van der Waals surface area contributed by atoms with Gasteiger partial charge >= 0.3 is 0 Å². The first-order valence-electron chi connectivity index (χ1n) is 6.98. The Morgan fingerprint density at radius 2 is 2.05 bits per heavy atom. The molecule has 1 aromatic carbocycles. The molecule has 20 heavy (non-hydrogen) atoms. The number of unbranched alkanes of at least 4 members (excludes halogenated alkanes) is 1. The second kappa shape index (κ2) is 6.38. The van der Waals surface area contributed by atoms with E-state index in [1.807, 2.05) is 19.1 Å². The highest BCUT2D eigenvalue weighted by Gasteiger charge is 2.31. The van der Waals surface area contributed by atoms with Gasteiger partial charge in [-0.25, -0.2) is 8.42 Å². The van der Waals surface area contributed by atoms with E-state index in [4.69, 9.17) is 5.26 Å². The second-order valence-electron chi connectivity index (χ2n) is 5.38. The molecule has 0 saturated carbocycles. The summed E-state index contributed by atoms with van der Waals surface area (Å²) in [5, 5.41) is 8.54. The molecule has 1 heterocycles. The Kier molecular flexibility index (Phi) is 4.79. The second-order valence-corrected chi connectivity index (χ2v) is 7.32. The Balaban J connectivity index is 2.01. The van der Waals surface area contributed by atoms with Gasteiger partial charge in [-0.2, -0.15) is 9.57 Å². The zero-order chi connectivity index (χ0) is 14.6. The van der Waals surface area contributed by atoms with Crippen LogP contribution in [0.2, 0.25) is 0 Å². The number of hydrogen-bond acceptors (Lipinski definition) is 3. The Morgan fingerprint density at radius 1 is 1.35 bits per heavy atom. The van der Waals surface area contributed by atoms with E-state index >= 15 is 0 Å². The van der Waals surface area contributed by atoms with Gasteiger partial charge in [-0.15, -0.1) is 0 Å². The highest BCUT2D eigenvalue weighted by molar-refractivity contribution is 7.89. The fraction of sp³-hybridized carbons (Fsp3) is 0.533. The first kappa shape index (κ1) is 15.0. The van der Waals surface area contributed by atoms with Gasteiger partial charge in [0.2, 0.25) is 10.0 Å². The summed E-state index contributed by atoms with van der Waals surface area (Å²) in [6.45, 7) is 3.12. The van der Waals surface area contributed by atoms with Gasteiger partial charge in [0.1, 0.15) is 0 Å². The third kappa shape index (κ3) is 3.38. The highest BCUT2D eigenvalue weighted by atomic mass is 32.2. The average molecular weight is 292 g/mol. The number of aryl methyl sites for hydroxylation is 1. The zero-order valence-corrected chi connectivity index (χ0v) is 12.6. The van der Waals surface area contributed by atoms with Crippen LogP contribution in [0.15, 0.2) is 29.2 Å². The van der Waals surface area contributed by atoms with Crippen LogP contribution in [0.4, 0.5) is 0 Å². The molecule has 0 bridgehead atoms. The number of sulfonamides is 1. The van der Waals surface area contributed by atoms with Crippen molar-refractivity contribution in [3.8, 4) is 6.07 Å². The molecule has 0 radical (unpaired) electrons. The largest absolute Gasteiger partial charge is 0.243 e. The number of benzene rings is 1. The number of nitriles is 1. The molecule has 1 aromatic rings. The molecule has 1 saturated heterocycles. The molecule has 0 spiro atoms. The van der Waals surface area contributed by atoms with E-state index in [9.17, 15) is 8.42 Å². The number of rotatable bonds is 5. The predicted molar refractivity (Wildman–Crippen MR) is 77.5 cm³/mol. The van der Waals surface area contributed by atoms with E-state index in [-0.39, 0.29) is 0 Å². The Bertz CT molecular complexity index is 587. The lowest BCUT2D eigenvalue weighted by Crippen LogP contribution is -2.28. The van der Waals surface area contributed by atoms with Gasteiger partial charge in [-0.1, -0.05) is 17.7 Å². The molecule has 4 nitrogen and oxygen atoms in total. The molecule has 5 heteroatoms. The minimum Gasteiger partial charge on any atom is -0.207 e. The Morgan fingerprint density at radius 3 is 2.70 bits per heavy atom. The lowest BCUT2D eigenvalue weighted by Gasteiger charge is -2.16. The quantitative estimate of drug-likeness (QED) is 0.784. The van der Waals surface area contributed by atoms with Gasteiger partial charge in [-0.3, -0.25) is 0 Å². The molecule has 1 fully saturated rings. The summed E-state index contributed by atoms with van der Waals surface area (Å²) < 4.78 is 26.6. The van der Waals surface area contributed by atoms with Gasteiger partial charge in [0, 0.05) is 19.5 Å². The monoisotopic (exact) mass is 292 g/mol. The van der Waals surface area contributed by atoms with Crippen molar-refractivity contribution < 1.29 is 8.42 Å². The van der Waals surface area contributed by atoms with Crippen LogP contribution in [0.1, 0.15) is 31.2 Å². The molecule has 0 aromatic heterocycles. The molecule has 108 valence electrons. The molecule has 1 aliphatic heterocycles. The summed E-state index contributed by atoms with van der Waals surface area (Å²) in [5.41, 5.74) is 1.06. The Hall–Kier alpha value is -1.38. The smallest absolute Gasteiger partial charge is 0.207 e. The van der Waals surface area contributed by atoms with Crippen LogP contribution in [-0.2, 0) is 10.0 Å². The van der Waals surface area contributed by atoms with Crippen LogP contribution in [-0.4, -0.2) is 25.8 Å². The van der Waals surface area contributed by atoms with Crippen LogP contribution in [0, 0.1) is 24.2 Å². The Labute approximate surface area is 121 Å². The molecule has 2 rings (SSSR count). The van der Waals surface area contributed by atoms with E-state index < -0.39 is 10.0 Å². The van der Waals surface area contributed by atoms with Crippen molar-refractivity contribution in [3.05, 3.63) is 29.8 Å². The maximum atomic E-state index is 12.5. The van der Waals surface area contributed by atoms with Crippen molar-refractivity contribution in [2.24, 2.45) is 5.92 Å². The lowest BCUT2D eigenvalue weighted by molar-refractivity contribution is 0.442. The highest BCUT2D eigenvalue weighted by Crippen LogP contribution is 2.27. The van der Waals surface area contributed by atoms with Crippen LogP contribution >= 0.6 is 0 Å². The zero-order valence-electron chi connectivity index (χ0n) is 11.7. The van der Waals surface area contributed by atoms with Crippen LogP contribution < -0.4 is 0 Å². The van der Waals surface area contributed by atoms with E-state index in [2.05, 4.69) is 6.07 Å². The molecular weight excluding hydrogens is 272 g/mol. The summed E-state index contributed by atoms with van der Waals surface area (Å²) in [4.78, 5) is 0.376. The van der Waals surface area contributed by atoms with E-state index in [0.717, 1.165) is 24.8 Å². The summed E-state index contributed by atoms with van der Waals surface area (Å²) in [6.07, 6.45) is 3.25. The average Bonchev–Trinajstić information content (AvgIpc) is 2.89. The fourth-order valence-corrected chi connectivity index (χ4v) is 4.11. The number of nitrogens with zero attached hydrogens (tertiary/aromatic N) is 2. The van der Waals surface area contributed by atoms with Gasteiger partial charge < -0.3 is 0 Å². The summed E-state index contributed by atoms with van der Waals surface area (Å²) in [6, 6.07) is 9.13. The minimum absolute atomic E-state index is 0.376. The molecule has 0 N–H and O–H groups in total. The van der Waals surface area contributed by atoms with Gasteiger partial charge in [-0.05, 0) is 44.2 Å². The predicted octanol–water partition coefficient (Wildman–Crippen LogP) is 2.70. The van der Waals surface area contributed by atoms with Gasteiger partial charge in [0.15, 0.2) is 0 Å². The standard InChI is InChI=1S/C15H20N2O2S/c1-13-5-7-15(8-6-13)20(18,19)17-11-9-14(12-17)4-2-3-10-16/h5-8,14H,2-4,9,11-12H2,1H3/t14-/m1/s1. The van der Waals surface area contributed by atoms with Gasteiger partial charge in [0.05, 0.1) is 11.0 Å². The van der Waals surface area contributed by atoms with Crippen LogP contribution in [0.3, 0.4) is 0 Å². The lowest BCUT2D eigenvalue weighted by atomic mass is 10.0. The summed E-state index contributed by atoms with van der Waals surface area (Å²) >= 11 is 0. The molecule has 0 aliphatic carbocycles. The van der Waals surface area contributed by atoms with Crippen LogP contribution in [0.5, 0.6) is 0 Å². The van der Waals surface area contributed by atoms with Crippen molar-refractivity contribution >= 4 is 10.0 Å². The third-order valence-electron chi connectivity index (χ3n) is 3.81. The molecule has 1 aliphatic rings. The normalized spacial score (nSPS) is 19.9. The summed E-state index contributed by atoms with van der Waals surface area (Å²) in [7, 11) is -3.35. The maximum absolute atomic E-state index is 12.5. The number of hydrogen-bond donors (Lipinski definition) is 0. The topological polar surface area (TPSA) is 61.2 Å². The van der Waals surface area contributed by atoms with Crippen molar-refractivity contribution in [3.63, 3.8) is 0 Å². The molecule has 0 unspecified atom stereocenters. The van der Waals surface area contributed by atoms with Crippen molar-refractivity contribution in [1.29, 1.82) is 5.26 Å².